The predicted molar refractivity (Wildman–Crippen MR) is 126 cm³/mol. The van der Waals surface area contributed by atoms with Gasteiger partial charge in [-0.3, -0.25) is 0 Å². The van der Waals surface area contributed by atoms with E-state index in [1.54, 1.807) is 13.8 Å². The average Bonchev–Trinajstić information content (AvgIpc) is 3.28. The van der Waals surface area contributed by atoms with Crippen molar-refractivity contribution in [2.75, 3.05) is 19.2 Å². The SMILES string of the molecule is CCOC(=O)C(=CN[C@H](C)[C@@H]1O[C@H](SCOc2ccccc2)[C@@H]2OC(C)(C)O[C@@H]21)C(=O)OCC. The Hall–Kier alpha value is -2.27. The predicted octanol–water partition coefficient (Wildman–Crippen LogP) is 2.99. The molecule has 3 rings (SSSR count). The summed E-state index contributed by atoms with van der Waals surface area (Å²) in [6.07, 6.45) is 0.280. The summed E-state index contributed by atoms with van der Waals surface area (Å²) >= 11 is 1.48. The van der Waals surface area contributed by atoms with E-state index in [-0.39, 0.29) is 42.5 Å². The summed E-state index contributed by atoms with van der Waals surface area (Å²) < 4.78 is 34.3. The van der Waals surface area contributed by atoms with Crippen molar-refractivity contribution in [1.82, 2.24) is 5.32 Å². The van der Waals surface area contributed by atoms with Crippen molar-refractivity contribution in [2.24, 2.45) is 0 Å². The number of carbonyl (C=O) groups is 2. The van der Waals surface area contributed by atoms with Crippen LogP contribution in [0.25, 0.3) is 0 Å². The Bertz CT molecular complexity index is 842. The second-order valence-corrected chi connectivity index (χ2v) is 9.26. The Morgan fingerprint density at radius 3 is 2.32 bits per heavy atom. The molecule has 1 N–H and O–H groups in total. The third-order valence-corrected chi connectivity index (χ3v) is 6.18. The Labute approximate surface area is 204 Å². The van der Waals surface area contributed by atoms with Crippen molar-refractivity contribution in [3.8, 4) is 5.75 Å². The fourth-order valence-electron chi connectivity index (χ4n) is 3.74. The molecule has 2 aliphatic rings. The molecule has 0 radical (unpaired) electrons. The Morgan fingerprint density at radius 1 is 1.09 bits per heavy atom. The number of thioether (sulfide) groups is 1. The zero-order valence-corrected chi connectivity index (χ0v) is 21.0. The van der Waals surface area contributed by atoms with Crippen LogP contribution < -0.4 is 10.1 Å². The van der Waals surface area contributed by atoms with Gasteiger partial charge in [0.25, 0.3) is 0 Å². The first kappa shape index (κ1) is 26.3. The molecular weight excluding hydrogens is 462 g/mol. The molecule has 2 fully saturated rings. The molecule has 0 aliphatic carbocycles. The highest BCUT2D eigenvalue weighted by Crippen LogP contribution is 2.43. The van der Waals surface area contributed by atoms with E-state index >= 15 is 0 Å². The van der Waals surface area contributed by atoms with Crippen molar-refractivity contribution >= 4 is 23.7 Å². The lowest BCUT2D eigenvalue weighted by Crippen LogP contribution is -2.43. The van der Waals surface area contributed by atoms with Gasteiger partial charge < -0.3 is 33.7 Å². The van der Waals surface area contributed by atoms with Gasteiger partial charge in [0.1, 0.15) is 35.4 Å². The Balaban J connectivity index is 1.67. The van der Waals surface area contributed by atoms with E-state index in [0.29, 0.717) is 5.94 Å². The van der Waals surface area contributed by atoms with E-state index in [1.807, 2.05) is 51.1 Å². The van der Waals surface area contributed by atoms with E-state index in [1.165, 1.54) is 18.0 Å². The molecule has 5 atom stereocenters. The lowest BCUT2D eigenvalue weighted by molar-refractivity contribution is -0.180. The van der Waals surface area contributed by atoms with Crippen molar-refractivity contribution in [3.05, 3.63) is 42.1 Å². The molecule has 2 saturated heterocycles. The number of nitrogens with one attached hydrogen (secondary N) is 1. The standard InChI is InChI=1S/C24H33NO8S/c1-6-28-21(26)17(22(27)29-7-2)13-25-15(3)18-19-20(33-24(4,5)32-19)23(31-18)34-14-30-16-11-9-8-10-12-16/h8-13,15,18-20,23,25H,6-7,14H2,1-5H3/t15-,18+,19-,20-,23-/m1/s1. The minimum absolute atomic E-state index is 0.144. The minimum atomic E-state index is -0.757. The maximum Gasteiger partial charge on any atom is 0.347 e. The molecule has 1 aromatic carbocycles. The number of fused-ring (bicyclic) bond motifs is 1. The van der Waals surface area contributed by atoms with Crippen LogP contribution in [-0.4, -0.2) is 66.7 Å². The number of para-hydroxylation sites is 1. The summed E-state index contributed by atoms with van der Waals surface area (Å²) in [5.74, 6) is -1.10. The van der Waals surface area contributed by atoms with Crippen LogP contribution in [0.5, 0.6) is 5.75 Å². The van der Waals surface area contributed by atoms with E-state index in [4.69, 9.17) is 28.4 Å². The zero-order chi connectivity index (χ0) is 24.7. The van der Waals surface area contributed by atoms with Gasteiger partial charge in [-0.25, -0.2) is 9.59 Å². The molecule has 0 saturated carbocycles. The van der Waals surface area contributed by atoms with Gasteiger partial charge in [0.05, 0.1) is 19.3 Å². The molecule has 10 heteroatoms. The van der Waals surface area contributed by atoms with Gasteiger partial charge in [0, 0.05) is 6.20 Å². The largest absolute Gasteiger partial charge is 0.483 e. The average molecular weight is 496 g/mol. The molecule has 0 amide bonds. The topological polar surface area (TPSA) is 102 Å². The molecule has 2 heterocycles. The fraction of sp³-hybridized carbons (Fsp3) is 0.583. The van der Waals surface area contributed by atoms with Crippen LogP contribution in [0.3, 0.4) is 0 Å². The quantitative estimate of drug-likeness (QED) is 0.162. The summed E-state index contributed by atoms with van der Waals surface area (Å²) in [5, 5.41) is 3.08. The molecule has 0 unspecified atom stereocenters. The number of benzene rings is 1. The lowest BCUT2D eigenvalue weighted by atomic mass is 10.1. The second kappa shape index (κ2) is 11.9. The maximum atomic E-state index is 12.2. The lowest BCUT2D eigenvalue weighted by Gasteiger charge is -2.27. The highest BCUT2D eigenvalue weighted by Gasteiger charge is 2.56. The maximum absolute atomic E-state index is 12.2. The van der Waals surface area contributed by atoms with Crippen LogP contribution in [-0.2, 0) is 33.3 Å². The number of carbonyl (C=O) groups excluding carboxylic acids is 2. The Morgan fingerprint density at radius 2 is 1.71 bits per heavy atom. The summed E-state index contributed by atoms with van der Waals surface area (Å²) in [6.45, 7) is 9.23. The van der Waals surface area contributed by atoms with Crippen molar-refractivity contribution in [3.63, 3.8) is 0 Å². The third-order valence-electron chi connectivity index (χ3n) is 5.22. The van der Waals surface area contributed by atoms with Gasteiger partial charge in [0.15, 0.2) is 11.4 Å². The minimum Gasteiger partial charge on any atom is -0.483 e. The van der Waals surface area contributed by atoms with Gasteiger partial charge in [-0.1, -0.05) is 30.0 Å². The van der Waals surface area contributed by atoms with E-state index in [9.17, 15) is 9.59 Å². The van der Waals surface area contributed by atoms with Gasteiger partial charge >= 0.3 is 11.9 Å². The third kappa shape index (κ3) is 6.65. The molecule has 0 aromatic heterocycles. The molecule has 2 aliphatic heterocycles. The van der Waals surface area contributed by atoms with Gasteiger partial charge in [-0.15, -0.1) is 0 Å². The first-order valence-corrected chi connectivity index (χ1v) is 12.4. The highest BCUT2D eigenvalue weighted by atomic mass is 32.2. The summed E-state index contributed by atoms with van der Waals surface area (Å²) in [5.41, 5.74) is -0.528. The first-order valence-electron chi connectivity index (χ1n) is 11.4. The number of ether oxygens (including phenoxy) is 6. The van der Waals surface area contributed by atoms with E-state index in [0.717, 1.165) is 5.75 Å². The molecule has 188 valence electrons. The van der Waals surface area contributed by atoms with Crippen LogP contribution in [0, 0.1) is 0 Å². The summed E-state index contributed by atoms with van der Waals surface area (Å²) in [6, 6.07) is 9.22. The first-order chi connectivity index (χ1) is 16.3. The molecule has 0 spiro atoms. The zero-order valence-electron chi connectivity index (χ0n) is 20.1. The van der Waals surface area contributed by atoms with Gasteiger partial charge in [-0.05, 0) is 46.8 Å². The van der Waals surface area contributed by atoms with Crippen molar-refractivity contribution in [2.45, 2.75) is 70.2 Å². The Kier molecular flexibility index (Phi) is 9.24. The van der Waals surface area contributed by atoms with E-state index in [2.05, 4.69) is 5.32 Å². The number of hydrogen-bond acceptors (Lipinski definition) is 10. The summed E-state index contributed by atoms with van der Waals surface area (Å²) in [4.78, 5) is 24.4. The summed E-state index contributed by atoms with van der Waals surface area (Å²) in [7, 11) is 0. The van der Waals surface area contributed by atoms with Gasteiger partial charge in [0.2, 0.25) is 0 Å². The molecule has 0 bridgehead atoms. The smallest absolute Gasteiger partial charge is 0.347 e. The van der Waals surface area contributed by atoms with Gasteiger partial charge in [-0.2, -0.15) is 0 Å². The van der Waals surface area contributed by atoms with Crippen LogP contribution in [0.15, 0.2) is 42.1 Å². The van der Waals surface area contributed by atoms with Crippen molar-refractivity contribution < 1.29 is 38.0 Å². The fourth-order valence-corrected chi connectivity index (χ4v) is 4.69. The number of hydrogen-bond donors (Lipinski definition) is 1. The number of rotatable bonds is 11. The second-order valence-electron chi connectivity index (χ2n) is 8.23. The van der Waals surface area contributed by atoms with Crippen LogP contribution in [0.1, 0.15) is 34.6 Å². The van der Waals surface area contributed by atoms with Crippen LogP contribution in [0.2, 0.25) is 0 Å². The van der Waals surface area contributed by atoms with Crippen LogP contribution >= 0.6 is 11.8 Å². The highest BCUT2D eigenvalue weighted by molar-refractivity contribution is 7.99. The molecule has 1 aromatic rings. The van der Waals surface area contributed by atoms with Crippen LogP contribution in [0.4, 0.5) is 0 Å². The molecular formula is C24H33NO8S. The molecule has 9 nitrogen and oxygen atoms in total. The van der Waals surface area contributed by atoms with E-state index < -0.39 is 23.8 Å². The monoisotopic (exact) mass is 495 g/mol. The van der Waals surface area contributed by atoms with Crippen molar-refractivity contribution in [1.29, 1.82) is 0 Å². The number of esters is 2. The normalized spacial score (nSPS) is 25.7. The molecule has 34 heavy (non-hydrogen) atoms.